The number of thiophene rings is 1. The summed E-state index contributed by atoms with van der Waals surface area (Å²) in [5.41, 5.74) is 0. The van der Waals surface area contributed by atoms with Crippen LogP contribution in [0, 0.1) is 0 Å². The van der Waals surface area contributed by atoms with Gasteiger partial charge in [0.15, 0.2) is 0 Å². The molecule has 20 heavy (non-hydrogen) atoms. The van der Waals surface area contributed by atoms with E-state index in [1.54, 1.807) is 16.4 Å². The number of sulfonamides is 1. The fraction of sp³-hybridized carbons (Fsp3) is 0.667. The molecule has 1 aliphatic heterocycles. The van der Waals surface area contributed by atoms with Gasteiger partial charge < -0.3 is 4.90 Å². The fourth-order valence-electron chi connectivity index (χ4n) is 2.10. The van der Waals surface area contributed by atoms with Gasteiger partial charge in [-0.2, -0.15) is 4.31 Å². The van der Waals surface area contributed by atoms with Crippen molar-refractivity contribution in [2.24, 2.45) is 0 Å². The highest BCUT2D eigenvalue weighted by atomic mass is 35.5. The zero-order chi connectivity index (χ0) is 14.8. The normalized spacial score (nSPS) is 18.8. The minimum atomic E-state index is -3.37. The van der Waals surface area contributed by atoms with Gasteiger partial charge in [0.25, 0.3) is 10.0 Å². The van der Waals surface area contributed by atoms with Gasteiger partial charge in [-0.05, 0) is 26.2 Å². The quantitative estimate of drug-likeness (QED) is 0.811. The second kappa shape index (κ2) is 6.72. The molecule has 0 amide bonds. The Morgan fingerprint density at radius 3 is 2.40 bits per heavy atom. The van der Waals surface area contributed by atoms with E-state index in [1.165, 1.54) is 0 Å². The van der Waals surface area contributed by atoms with E-state index in [4.69, 9.17) is 11.6 Å². The van der Waals surface area contributed by atoms with Crippen LogP contribution in [0.2, 0.25) is 4.34 Å². The minimum absolute atomic E-state index is 0.337. The van der Waals surface area contributed by atoms with E-state index in [2.05, 4.69) is 9.80 Å². The first-order valence-corrected chi connectivity index (χ1v) is 9.15. The van der Waals surface area contributed by atoms with Gasteiger partial charge in [0.2, 0.25) is 0 Å². The molecule has 8 heteroatoms. The lowest BCUT2D eigenvalue weighted by Gasteiger charge is -2.34. The Morgan fingerprint density at radius 2 is 1.90 bits per heavy atom. The summed E-state index contributed by atoms with van der Waals surface area (Å²) < 4.78 is 27.3. The Hall–Kier alpha value is -0.180. The van der Waals surface area contributed by atoms with E-state index in [0.29, 0.717) is 21.6 Å². The van der Waals surface area contributed by atoms with Gasteiger partial charge >= 0.3 is 0 Å². The third-order valence-corrected chi connectivity index (χ3v) is 6.93. The summed E-state index contributed by atoms with van der Waals surface area (Å²) in [6.07, 6.45) is 0. The summed E-state index contributed by atoms with van der Waals surface area (Å²) in [6.45, 7) is 4.63. The van der Waals surface area contributed by atoms with Gasteiger partial charge in [-0.3, -0.25) is 4.90 Å². The highest BCUT2D eigenvalue weighted by molar-refractivity contribution is 7.91. The van der Waals surface area contributed by atoms with Crippen LogP contribution >= 0.6 is 22.9 Å². The van der Waals surface area contributed by atoms with E-state index in [0.717, 1.165) is 37.5 Å². The average Bonchev–Trinajstić information content (AvgIpc) is 2.84. The molecule has 1 saturated heterocycles. The van der Waals surface area contributed by atoms with E-state index in [1.807, 2.05) is 14.1 Å². The molecule has 0 atom stereocenters. The SMILES string of the molecule is CN(C)CCN1CCN(S(=O)(=O)c2ccc(Cl)s2)CC1. The molecule has 0 bridgehead atoms. The molecule has 1 aliphatic rings. The molecule has 5 nitrogen and oxygen atoms in total. The van der Waals surface area contributed by atoms with Gasteiger partial charge in [0, 0.05) is 39.3 Å². The molecule has 0 N–H and O–H groups in total. The second-order valence-electron chi connectivity index (χ2n) is 5.11. The molecule has 0 aromatic carbocycles. The van der Waals surface area contributed by atoms with E-state index < -0.39 is 10.0 Å². The molecule has 2 heterocycles. The van der Waals surface area contributed by atoms with Crippen LogP contribution < -0.4 is 0 Å². The highest BCUT2D eigenvalue weighted by Gasteiger charge is 2.29. The zero-order valence-electron chi connectivity index (χ0n) is 11.7. The molecule has 1 aromatic rings. The van der Waals surface area contributed by atoms with Crippen LogP contribution in [-0.2, 0) is 10.0 Å². The summed E-state index contributed by atoms with van der Waals surface area (Å²) in [7, 11) is 0.720. The topological polar surface area (TPSA) is 43.9 Å². The lowest BCUT2D eigenvalue weighted by atomic mass is 10.3. The summed E-state index contributed by atoms with van der Waals surface area (Å²) in [4.78, 5) is 4.43. The molecule has 0 saturated carbocycles. The first-order chi connectivity index (χ1) is 9.39. The fourth-order valence-corrected chi connectivity index (χ4v) is 5.16. The first-order valence-electron chi connectivity index (χ1n) is 6.52. The Bertz CT molecular complexity index is 537. The highest BCUT2D eigenvalue weighted by Crippen LogP contribution is 2.28. The van der Waals surface area contributed by atoms with Crippen molar-refractivity contribution < 1.29 is 8.42 Å². The van der Waals surface area contributed by atoms with E-state index in [9.17, 15) is 8.42 Å². The van der Waals surface area contributed by atoms with E-state index >= 15 is 0 Å². The summed E-state index contributed by atoms with van der Waals surface area (Å²) >= 11 is 6.94. The van der Waals surface area contributed by atoms with Gasteiger partial charge in [-0.15, -0.1) is 11.3 Å². The predicted octanol–water partition coefficient (Wildman–Crippen LogP) is 1.27. The number of hydrogen-bond acceptors (Lipinski definition) is 5. The third-order valence-electron chi connectivity index (χ3n) is 3.34. The van der Waals surface area contributed by atoms with Crippen LogP contribution in [0.3, 0.4) is 0 Å². The van der Waals surface area contributed by atoms with Gasteiger partial charge in [-0.1, -0.05) is 11.6 Å². The minimum Gasteiger partial charge on any atom is -0.308 e. The van der Waals surface area contributed by atoms with Crippen molar-refractivity contribution in [3.63, 3.8) is 0 Å². The number of halogens is 1. The molecule has 0 spiro atoms. The third kappa shape index (κ3) is 3.93. The monoisotopic (exact) mass is 337 g/mol. The summed E-state index contributed by atoms with van der Waals surface area (Å²) in [6, 6.07) is 3.22. The molecule has 0 radical (unpaired) electrons. The zero-order valence-corrected chi connectivity index (χ0v) is 14.1. The predicted molar refractivity (Wildman–Crippen MR) is 83.1 cm³/mol. The van der Waals surface area contributed by atoms with Crippen molar-refractivity contribution in [1.82, 2.24) is 14.1 Å². The summed E-state index contributed by atoms with van der Waals surface area (Å²) in [5.74, 6) is 0. The van der Waals surface area contributed by atoms with Crippen LogP contribution in [0.4, 0.5) is 0 Å². The molecular formula is C12H20ClN3O2S2. The molecular weight excluding hydrogens is 318 g/mol. The van der Waals surface area contributed by atoms with Crippen molar-refractivity contribution in [3.05, 3.63) is 16.5 Å². The lowest BCUT2D eigenvalue weighted by Crippen LogP contribution is -2.49. The average molecular weight is 338 g/mol. The van der Waals surface area contributed by atoms with Gasteiger partial charge in [-0.25, -0.2) is 8.42 Å². The molecule has 1 aromatic heterocycles. The number of piperazine rings is 1. The van der Waals surface area contributed by atoms with Crippen molar-refractivity contribution in [1.29, 1.82) is 0 Å². The second-order valence-corrected chi connectivity index (χ2v) is 8.99. The number of nitrogens with zero attached hydrogens (tertiary/aromatic N) is 3. The van der Waals surface area contributed by atoms with Crippen LogP contribution in [0.1, 0.15) is 0 Å². The Balaban J connectivity index is 1.93. The molecule has 2 rings (SSSR count). The molecule has 0 aliphatic carbocycles. The van der Waals surface area contributed by atoms with E-state index in [-0.39, 0.29) is 0 Å². The van der Waals surface area contributed by atoms with Crippen molar-refractivity contribution in [2.75, 3.05) is 53.4 Å². The number of hydrogen-bond donors (Lipinski definition) is 0. The molecule has 1 fully saturated rings. The largest absolute Gasteiger partial charge is 0.308 e. The number of likely N-dealkylation sites (N-methyl/N-ethyl adjacent to an activating group) is 1. The van der Waals surface area contributed by atoms with Gasteiger partial charge in [0.1, 0.15) is 4.21 Å². The van der Waals surface area contributed by atoms with Crippen molar-refractivity contribution in [2.45, 2.75) is 4.21 Å². The maximum Gasteiger partial charge on any atom is 0.252 e. The Morgan fingerprint density at radius 1 is 1.25 bits per heavy atom. The maximum atomic E-state index is 12.4. The maximum absolute atomic E-state index is 12.4. The Kier molecular flexibility index (Phi) is 5.44. The van der Waals surface area contributed by atoms with Crippen molar-refractivity contribution in [3.8, 4) is 0 Å². The smallest absolute Gasteiger partial charge is 0.252 e. The lowest BCUT2D eigenvalue weighted by molar-refractivity contribution is 0.175. The standard InChI is InChI=1S/C12H20ClN3O2S2/c1-14(2)5-6-15-7-9-16(10-8-15)20(17,18)12-4-3-11(13)19-12/h3-4H,5-10H2,1-2H3. The van der Waals surface area contributed by atoms with Crippen molar-refractivity contribution >= 4 is 33.0 Å². The first kappa shape index (κ1) is 16.2. The van der Waals surface area contributed by atoms with Crippen LogP contribution in [0.25, 0.3) is 0 Å². The molecule has 0 unspecified atom stereocenters. The Labute approximate surface area is 129 Å². The van der Waals surface area contributed by atoms with Crippen LogP contribution in [0.15, 0.2) is 16.3 Å². The molecule has 114 valence electrons. The summed E-state index contributed by atoms with van der Waals surface area (Å²) in [5, 5.41) is 0. The van der Waals surface area contributed by atoms with Gasteiger partial charge in [0.05, 0.1) is 4.34 Å². The van der Waals surface area contributed by atoms with Crippen LogP contribution in [0.5, 0.6) is 0 Å². The number of rotatable bonds is 5. The van der Waals surface area contributed by atoms with Crippen LogP contribution in [-0.4, -0.2) is 75.9 Å².